The van der Waals surface area contributed by atoms with E-state index in [2.05, 4.69) is 20.6 Å². The zero-order valence-electron chi connectivity index (χ0n) is 15.7. The number of aliphatic imine (C=N–C) groups is 1. The van der Waals surface area contributed by atoms with Crippen molar-refractivity contribution in [3.63, 3.8) is 0 Å². The van der Waals surface area contributed by atoms with Crippen LogP contribution in [0.5, 0.6) is 0 Å². The summed E-state index contributed by atoms with van der Waals surface area (Å²) in [4.78, 5) is 22.3. The maximum absolute atomic E-state index is 12.3. The Morgan fingerprint density at radius 1 is 1.33 bits per heavy atom. The Labute approximate surface area is 169 Å². The number of hydrogen-bond acceptors (Lipinski definition) is 3. The van der Waals surface area contributed by atoms with Gasteiger partial charge in [0.05, 0.1) is 18.1 Å². The van der Waals surface area contributed by atoms with E-state index < -0.39 is 0 Å². The van der Waals surface area contributed by atoms with Crippen LogP contribution in [0.2, 0.25) is 10.2 Å². The van der Waals surface area contributed by atoms with Gasteiger partial charge in [0.25, 0.3) is 0 Å². The van der Waals surface area contributed by atoms with Crippen LogP contribution in [0, 0.1) is 0 Å². The fourth-order valence-corrected chi connectivity index (χ4v) is 2.82. The lowest BCUT2D eigenvalue weighted by molar-refractivity contribution is -0.128. The summed E-state index contributed by atoms with van der Waals surface area (Å²) in [6.45, 7) is 1.23. The standard InChI is InChI=1S/C18H24Cl2N6O/c1-21-18(23-11-14-10-15(19)17(20)26(14)3)24-12-16(27)25(2)9-7-13-6-4-5-8-22-13/h4-6,8,10H,7,9,11-12H2,1-3H3,(H2,21,23,24). The summed E-state index contributed by atoms with van der Waals surface area (Å²) in [6.07, 6.45) is 2.46. The molecule has 2 N–H and O–H groups in total. The van der Waals surface area contributed by atoms with Gasteiger partial charge in [-0.25, -0.2) is 0 Å². The van der Waals surface area contributed by atoms with Gasteiger partial charge in [-0.3, -0.25) is 14.8 Å². The number of carbonyl (C=O) groups excluding carboxylic acids is 1. The molecule has 0 saturated carbocycles. The maximum atomic E-state index is 12.3. The fourth-order valence-electron chi connectivity index (χ4n) is 2.40. The molecule has 0 unspecified atom stereocenters. The van der Waals surface area contributed by atoms with Crippen LogP contribution in [0.1, 0.15) is 11.4 Å². The third-order valence-corrected chi connectivity index (χ3v) is 4.98. The average molecular weight is 411 g/mol. The summed E-state index contributed by atoms with van der Waals surface area (Å²) >= 11 is 12.1. The Morgan fingerprint density at radius 3 is 2.70 bits per heavy atom. The van der Waals surface area contributed by atoms with Crippen molar-refractivity contribution in [2.24, 2.45) is 12.0 Å². The molecule has 7 nitrogen and oxygen atoms in total. The lowest BCUT2D eigenvalue weighted by Gasteiger charge is -2.18. The molecule has 0 aromatic carbocycles. The fraction of sp³-hybridized carbons (Fsp3) is 0.389. The molecule has 146 valence electrons. The van der Waals surface area contributed by atoms with E-state index in [0.717, 1.165) is 11.4 Å². The Kier molecular flexibility index (Phi) is 7.94. The second-order valence-corrected chi connectivity index (χ2v) is 6.76. The monoisotopic (exact) mass is 410 g/mol. The van der Waals surface area contributed by atoms with E-state index in [4.69, 9.17) is 23.2 Å². The van der Waals surface area contributed by atoms with Crippen LogP contribution in [-0.4, -0.2) is 53.5 Å². The van der Waals surface area contributed by atoms with Crippen molar-refractivity contribution < 1.29 is 4.79 Å². The highest BCUT2D eigenvalue weighted by atomic mass is 35.5. The molecule has 0 radical (unpaired) electrons. The Balaban J connectivity index is 1.77. The zero-order valence-corrected chi connectivity index (χ0v) is 17.2. The summed E-state index contributed by atoms with van der Waals surface area (Å²) in [5.74, 6) is 0.494. The molecular formula is C18H24Cl2N6O. The second-order valence-electron chi connectivity index (χ2n) is 6.00. The molecule has 0 saturated heterocycles. The summed E-state index contributed by atoms with van der Waals surface area (Å²) in [5.41, 5.74) is 1.87. The molecule has 0 bridgehead atoms. The van der Waals surface area contributed by atoms with Gasteiger partial charge in [0.1, 0.15) is 5.15 Å². The second kappa shape index (κ2) is 10.2. The van der Waals surface area contributed by atoms with Gasteiger partial charge in [0.15, 0.2) is 5.96 Å². The molecule has 27 heavy (non-hydrogen) atoms. The predicted octanol–water partition coefficient (Wildman–Crippen LogP) is 2.09. The minimum absolute atomic E-state index is 0.0289. The number of pyridine rings is 1. The Morgan fingerprint density at radius 2 is 2.11 bits per heavy atom. The lowest BCUT2D eigenvalue weighted by Crippen LogP contribution is -2.44. The normalized spacial score (nSPS) is 11.4. The third-order valence-electron chi connectivity index (χ3n) is 4.14. The number of amides is 1. The highest BCUT2D eigenvalue weighted by Crippen LogP contribution is 2.24. The van der Waals surface area contributed by atoms with Gasteiger partial charge in [0, 0.05) is 51.7 Å². The minimum Gasteiger partial charge on any atom is -0.351 e. The number of aromatic nitrogens is 2. The highest BCUT2D eigenvalue weighted by molar-refractivity contribution is 6.41. The number of likely N-dealkylation sites (N-methyl/N-ethyl adjacent to an activating group) is 1. The van der Waals surface area contributed by atoms with E-state index >= 15 is 0 Å². The van der Waals surface area contributed by atoms with Crippen molar-refractivity contribution in [2.75, 3.05) is 27.2 Å². The van der Waals surface area contributed by atoms with Gasteiger partial charge < -0.3 is 20.1 Å². The molecule has 0 spiro atoms. The van der Waals surface area contributed by atoms with Gasteiger partial charge in [-0.15, -0.1) is 0 Å². The van der Waals surface area contributed by atoms with Crippen LogP contribution in [0.4, 0.5) is 0 Å². The average Bonchev–Trinajstić information content (AvgIpc) is 2.93. The summed E-state index contributed by atoms with van der Waals surface area (Å²) < 4.78 is 1.79. The quantitative estimate of drug-likeness (QED) is 0.541. The largest absolute Gasteiger partial charge is 0.351 e. The molecule has 0 atom stereocenters. The van der Waals surface area contributed by atoms with Crippen LogP contribution < -0.4 is 10.6 Å². The Hall–Kier alpha value is -2.25. The smallest absolute Gasteiger partial charge is 0.241 e. The van der Waals surface area contributed by atoms with E-state index in [9.17, 15) is 4.79 Å². The van der Waals surface area contributed by atoms with Crippen LogP contribution in [-0.2, 0) is 24.8 Å². The number of guanidine groups is 1. The van der Waals surface area contributed by atoms with Crippen LogP contribution >= 0.6 is 23.2 Å². The summed E-state index contributed by atoms with van der Waals surface area (Å²) in [7, 11) is 5.26. The first kappa shape index (κ1) is 21.1. The van der Waals surface area contributed by atoms with Gasteiger partial charge in [-0.05, 0) is 18.2 Å². The Bertz CT molecular complexity index is 791. The number of rotatable bonds is 7. The molecule has 0 aliphatic carbocycles. The van der Waals surface area contributed by atoms with E-state index in [1.54, 1.807) is 35.8 Å². The summed E-state index contributed by atoms with van der Waals surface area (Å²) in [5, 5.41) is 7.15. The van der Waals surface area contributed by atoms with Gasteiger partial charge in [-0.1, -0.05) is 29.3 Å². The van der Waals surface area contributed by atoms with Gasteiger partial charge >= 0.3 is 0 Å². The van der Waals surface area contributed by atoms with Crippen LogP contribution in [0.3, 0.4) is 0 Å². The molecule has 2 heterocycles. The topological polar surface area (TPSA) is 74.6 Å². The molecule has 9 heteroatoms. The number of nitrogens with one attached hydrogen (secondary N) is 2. The van der Waals surface area contributed by atoms with E-state index in [-0.39, 0.29) is 12.5 Å². The first-order chi connectivity index (χ1) is 12.9. The SMILES string of the molecule is CN=C(NCC(=O)N(C)CCc1ccccn1)NCc1cc(Cl)c(Cl)n1C. The highest BCUT2D eigenvalue weighted by Gasteiger charge is 2.12. The van der Waals surface area contributed by atoms with Crippen molar-refractivity contribution in [1.29, 1.82) is 0 Å². The van der Waals surface area contributed by atoms with Gasteiger partial charge in [-0.2, -0.15) is 0 Å². The third kappa shape index (κ3) is 6.15. The van der Waals surface area contributed by atoms with Crippen molar-refractivity contribution >= 4 is 35.1 Å². The van der Waals surface area contributed by atoms with Crippen LogP contribution in [0.15, 0.2) is 35.5 Å². The zero-order chi connectivity index (χ0) is 19.8. The molecule has 2 aromatic rings. The van der Waals surface area contributed by atoms with Crippen molar-refractivity contribution in [3.8, 4) is 0 Å². The molecule has 2 rings (SSSR count). The number of carbonyl (C=O) groups is 1. The van der Waals surface area contributed by atoms with Crippen molar-refractivity contribution in [1.82, 2.24) is 25.1 Å². The first-order valence-electron chi connectivity index (χ1n) is 8.50. The first-order valence-corrected chi connectivity index (χ1v) is 9.26. The summed E-state index contributed by atoms with van der Waals surface area (Å²) in [6, 6.07) is 7.55. The molecule has 0 aliphatic rings. The molecule has 0 aliphatic heterocycles. The van der Waals surface area contributed by atoms with Crippen LogP contribution in [0.25, 0.3) is 0 Å². The number of nitrogens with zero attached hydrogens (tertiary/aromatic N) is 4. The number of halogens is 2. The maximum Gasteiger partial charge on any atom is 0.241 e. The number of hydrogen-bond donors (Lipinski definition) is 2. The molecular weight excluding hydrogens is 387 g/mol. The minimum atomic E-state index is -0.0289. The van der Waals surface area contributed by atoms with E-state index in [1.807, 2.05) is 25.2 Å². The van der Waals surface area contributed by atoms with E-state index in [0.29, 0.717) is 35.6 Å². The van der Waals surface area contributed by atoms with Gasteiger partial charge in [0.2, 0.25) is 5.91 Å². The van der Waals surface area contributed by atoms with Crippen molar-refractivity contribution in [2.45, 2.75) is 13.0 Å². The molecule has 2 aromatic heterocycles. The predicted molar refractivity (Wildman–Crippen MR) is 109 cm³/mol. The van der Waals surface area contributed by atoms with Crippen molar-refractivity contribution in [3.05, 3.63) is 52.0 Å². The lowest BCUT2D eigenvalue weighted by atomic mass is 10.2. The van der Waals surface area contributed by atoms with E-state index in [1.165, 1.54) is 0 Å². The molecule has 1 amide bonds. The molecule has 0 fully saturated rings.